The van der Waals surface area contributed by atoms with Crippen molar-refractivity contribution in [1.82, 2.24) is 19.3 Å². The van der Waals surface area contributed by atoms with E-state index in [-0.39, 0.29) is 5.78 Å². The average molecular weight is 409 g/mol. The van der Waals surface area contributed by atoms with Crippen LogP contribution >= 0.6 is 11.8 Å². The minimum Gasteiger partial charge on any atom is -0.318 e. The maximum atomic E-state index is 13.0. The highest BCUT2D eigenvalue weighted by Crippen LogP contribution is 2.40. The number of ketones is 1. The first-order valence-corrected chi connectivity index (χ1v) is 11.2. The van der Waals surface area contributed by atoms with Gasteiger partial charge in [-0.2, -0.15) is 0 Å². The van der Waals surface area contributed by atoms with Crippen LogP contribution in [0.4, 0.5) is 0 Å². The van der Waals surface area contributed by atoms with Gasteiger partial charge in [0, 0.05) is 35.1 Å². The normalized spacial score (nSPS) is 13.8. The number of aryl methyl sites for hydroxylation is 3. The molecule has 0 radical (unpaired) electrons. The number of hydrogen-bond acceptors (Lipinski definition) is 4. The third-order valence-corrected chi connectivity index (χ3v) is 6.78. The Labute approximate surface area is 176 Å². The zero-order valence-corrected chi connectivity index (χ0v) is 18.6. The number of hydrogen-bond donors (Lipinski definition) is 0. The van der Waals surface area contributed by atoms with Gasteiger partial charge in [0.15, 0.2) is 10.9 Å². The Bertz CT molecular complexity index is 1070. The van der Waals surface area contributed by atoms with E-state index in [0.717, 1.165) is 40.2 Å². The van der Waals surface area contributed by atoms with Crippen molar-refractivity contribution in [2.45, 2.75) is 65.1 Å². The number of rotatable bonds is 7. The van der Waals surface area contributed by atoms with Crippen molar-refractivity contribution in [3.05, 3.63) is 58.2 Å². The Morgan fingerprint density at radius 3 is 2.52 bits per heavy atom. The van der Waals surface area contributed by atoms with Crippen molar-refractivity contribution in [2.24, 2.45) is 0 Å². The second kappa shape index (κ2) is 7.82. The number of carbonyl (C=O) groups is 1. The lowest BCUT2D eigenvalue weighted by atomic mass is 10.1. The largest absolute Gasteiger partial charge is 0.318 e. The first-order chi connectivity index (χ1) is 13.9. The molecule has 0 N–H and O–H groups in total. The van der Waals surface area contributed by atoms with E-state index in [1.807, 2.05) is 13.0 Å². The smallest absolute Gasteiger partial charge is 0.191 e. The summed E-state index contributed by atoms with van der Waals surface area (Å²) in [7, 11) is 0. The van der Waals surface area contributed by atoms with Gasteiger partial charge in [0.1, 0.15) is 5.82 Å². The van der Waals surface area contributed by atoms with Crippen LogP contribution in [0, 0.1) is 27.7 Å². The zero-order chi connectivity index (χ0) is 20.7. The average Bonchev–Trinajstić information content (AvgIpc) is 3.39. The first-order valence-electron chi connectivity index (χ1n) is 10.3. The Balaban J connectivity index is 1.55. The monoisotopic (exact) mass is 408 g/mol. The van der Waals surface area contributed by atoms with Crippen molar-refractivity contribution >= 4 is 17.5 Å². The fraction of sp³-hybridized carbons (Fsp3) is 0.435. The van der Waals surface area contributed by atoms with E-state index in [9.17, 15) is 4.79 Å². The maximum absolute atomic E-state index is 13.0. The van der Waals surface area contributed by atoms with E-state index in [2.05, 4.69) is 65.2 Å². The van der Waals surface area contributed by atoms with Crippen molar-refractivity contribution in [1.29, 1.82) is 0 Å². The lowest BCUT2D eigenvalue weighted by molar-refractivity contribution is 0.102. The van der Waals surface area contributed by atoms with Gasteiger partial charge in [0.05, 0.1) is 5.75 Å². The first kappa shape index (κ1) is 20.0. The Morgan fingerprint density at radius 2 is 1.86 bits per heavy atom. The van der Waals surface area contributed by atoms with Gasteiger partial charge < -0.3 is 9.13 Å². The van der Waals surface area contributed by atoms with E-state index in [4.69, 9.17) is 0 Å². The van der Waals surface area contributed by atoms with Gasteiger partial charge in [-0.3, -0.25) is 4.79 Å². The second-order valence-electron chi connectivity index (χ2n) is 7.96. The molecule has 1 aromatic carbocycles. The van der Waals surface area contributed by atoms with E-state index < -0.39 is 0 Å². The van der Waals surface area contributed by atoms with Crippen LogP contribution in [0.2, 0.25) is 0 Å². The molecule has 2 aromatic heterocycles. The SMILES string of the molecule is CCn1c(SCC(=O)c2cc(C)n(-c3ccc(C)c(C)c3)c2C)nnc1C1CC1. The fourth-order valence-electron chi connectivity index (χ4n) is 3.86. The molecule has 6 heteroatoms. The molecule has 2 heterocycles. The highest BCUT2D eigenvalue weighted by Gasteiger charge is 2.30. The van der Waals surface area contributed by atoms with Crippen LogP contribution in [-0.4, -0.2) is 30.9 Å². The summed E-state index contributed by atoms with van der Waals surface area (Å²) in [5.74, 6) is 2.15. The topological polar surface area (TPSA) is 52.7 Å². The van der Waals surface area contributed by atoms with Gasteiger partial charge in [-0.15, -0.1) is 10.2 Å². The summed E-state index contributed by atoms with van der Waals surface area (Å²) >= 11 is 1.50. The zero-order valence-electron chi connectivity index (χ0n) is 17.8. The quantitative estimate of drug-likeness (QED) is 0.399. The van der Waals surface area contributed by atoms with Gasteiger partial charge in [-0.1, -0.05) is 17.8 Å². The molecule has 0 atom stereocenters. The van der Waals surface area contributed by atoms with Gasteiger partial charge >= 0.3 is 0 Å². The van der Waals surface area contributed by atoms with Gasteiger partial charge in [-0.25, -0.2) is 0 Å². The standard InChI is InChI=1S/C23H28N4OS/c1-6-26-22(18-8-9-18)24-25-23(26)29-13-21(28)20-12-16(4)27(17(20)5)19-10-7-14(2)15(3)11-19/h7,10-12,18H,6,8-9,13H2,1-5H3. The molecule has 3 aromatic rings. The maximum Gasteiger partial charge on any atom is 0.191 e. The van der Waals surface area contributed by atoms with Gasteiger partial charge in [-0.05, 0) is 76.8 Å². The van der Waals surface area contributed by atoms with E-state index in [1.165, 1.54) is 35.7 Å². The molecule has 0 aliphatic heterocycles. The number of Topliss-reactive ketones (excluding diaryl/α,β-unsaturated/α-hetero) is 1. The van der Waals surface area contributed by atoms with E-state index >= 15 is 0 Å². The number of nitrogens with zero attached hydrogens (tertiary/aromatic N) is 4. The minimum atomic E-state index is 0.136. The number of benzene rings is 1. The lowest BCUT2D eigenvalue weighted by Crippen LogP contribution is -2.07. The van der Waals surface area contributed by atoms with Crippen molar-refractivity contribution in [3.8, 4) is 5.69 Å². The summed E-state index contributed by atoms with van der Waals surface area (Å²) in [6, 6.07) is 8.44. The molecule has 5 nitrogen and oxygen atoms in total. The summed E-state index contributed by atoms with van der Waals surface area (Å²) in [6.45, 7) is 11.3. The number of aromatic nitrogens is 4. The molecular formula is C23H28N4OS. The summed E-state index contributed by atoms with van der Waals surface area (Å²) in [4.78, 5) is 13.0. The van der Waals surface area contributed by atoms with Crippen molar-refractivity contribution in [2.75, 3.05) is 5.75 Å². The van der Waals surface area contributed by atoms with Crippen molar-refractivity contribution < 1.29 is 4.79 Å². The van der Waals surface area contributed by atoms with Gasteiger partial charge in [0.2, 0.25) is 0 Å². The molecule has 29 heavy (non-hydrogen) atoms. The minimum absolute atomic E-state index is 0.136. The summed E-state index contributed by atoms with van der Waals surface area (Å²) in [5.41, 5.74) is 6.49. The molecule has 0 spiro atoms. The predicted molar refractivity (Wildman–Crippen MR) is 117 cm³/mol. The van der Waals surface area contributed by atoms with Crippen LogP contribution in [0.25, 0.3) is 5.69 Å². The molecule has 0 saturated heterocycles. The van der Waals surface area contributed by atoms with Crippen LogP contribution in [0.15, 0.2) is 29.4 Å². The van der Waals surface area contributed by atoms with Crippen LogP contribution in [0.5, 0.6) is 0 Å². The highest BCUT2D eigenvalue weighted by molar-refractivity contribution is 7.99. The molecule has 1 saturated carbocycles. The van der Waals surface area contributed by atoms with Crippen LogP contribution < -0.4 is 0 Å². The molecule has 0 bridgehead atoms. The Hall–Kier alpha value is -2.34. The summed E-state index contributed by atoms with van der Waals surface area (Å²) in [5, 5.41) is 9.56. The van der Waals surface area contributed by atoms with E-state index in [0.29, 0.717) is 11.7 Å². The summed E-state index contributed by atoms with van der Waals surface area (Å²) in [6.07, 6.45) is 2.40. The molecular weight excluding hydrogens is 380 g/mol. The van der Waals surface area contributed by atoms with Crippen molar-refractivity contribution in [3.63, 3.8) is 0 Å². The lowest BCUT2D eigenvalue weighted by Gasteiger charge is -2.12. The Kier molecular flexibility index (Phi) is 5.38. The number of thioether (sulfide) groups is 1. The predicted octanol–water partition coefficient (Wildman–Crippen LogP) is 5.17. The number of carbonyl (C=O) groups excluding carboxylic acids is 1. The molecule has 1 fully saturated rings. The Morgan fingerprint density at radius 1 is 1.10 bits per heavy atom. The summed E-state index contributed by atoms with van der Waals surface area (Å²) < 4.78 is 4.33. The third-order valence-electron chi connectivity index (χ3n) is 5.82. The molecule has 1 aliphatic carbocycles. The fourth-order valence-corrected chi connectivity index (χ4v) is 4.76. The molecule has 0 unspecified atom stereocenters. The second-order valence-corrected chi connectivity index (χ2v) is 8.90. The molecule has 152 valence electrons. The highest BCUT2D eigenvalue weighted by atomic mass is 32.2. The van der Waals surface area contributed by atoms with Gasteiger partial charge in [0.25, 0.3) is 0 Å². The van der Waals surface area contributed by atoms with Crippen LogP contribution in [0.3, 0.4) is 0 Å². The molecule has 0 amide bonds. The van der Waals surface area contributed by atoms with E-state index in [1.54, 1.807) is 0 Å². The third kappa shape index (κ3) is 3.78. The van der Waals surface area contributed by atoms with Crippen LogP contribution in [0.1, 0.15) is 64.4 Å². The molecule has 4 rings (SSSR count). The van der Waals surface area contributed by atoms with Crippen LogP contribution in [-0.2, 0) is 6.54 Å². The molecule has 1 aliphatic rings.